The number of halogens is 1. The third-order valence-corrected chi connectivity index (χ3v) is 7.25. The van der Waals surface area contributed by atoms with Crippen LogP contribution >= 0.6 is 34.4 Å². The zero-order valence-electron chi connectivity index (χ0n) is 18.8. The minimum atomic E-state index is -0.520. The van der Waals surface area contributed by atoms with Crippen molar-refractivity contribution in [2.45, 2.75) is 9.01 Å². The Morgan fingerprint density at radius 2 is 1.71 bits per heavy atom. The molecule has 5 rings (SSSR count). The number of para-hydroxylation sites is 2. The van der Waals surface area contributed by atoms with E-state index in [0.29, 0.717) is 18.0 Å². The predicted octanol–water partition coefficient (Wildman–Crippen LogP) is 5.80. The van der Waals surface area contributed by atoms with E-state index in [2.05, 4.69) is 76.3 Å². The number of β-amino-alcohol motifs (C(OH)–C–C–N with tert-alkyl or cyclic N) is 1. The lowest BCUT2D eigenvalue weighted by atomic mass is 10.1. The lowest BCUT2D eigenvalue weighted by Crippen LogP contribution is -2.31. The maximum Gasteiger partial charge on any atom is 0.219 e. The number of anilines is 1. The first-order chi connectivity index (χ1) is 16.6. The summed E-state index contributed by atoms with van der Waals surface area (Å²) < 4.78 is 12.7. The van der Waals surface area contributed by atoms with Crippen LogP contribution < -0.4 is 18.9 Å². The van der Waals surface area contributed by atoms with Gasteiger partial charge in [0.2, 0.25) is 11.2 Å². The molecule has 0 aliphatic carbocycles. The number of benzene rings is 3. The highest BCUT2D eigenvalue weighted by Gasteiger charge is 2.29. The molecule has 34 heavy (non-hydrogen) atoms. The van der Waals surface area contributed by atoms with Gasteiger partial charge in [0.15, 0.2) is 17.7 Å². The van der Waals surface area contributed by atoms with Gasteiger partial charge in [0.25, 0.3) is 0 Å². The van der Waals surface area contributed by atoms with Gasteiger partial charge in [0, 0.05) is 41.3 Å². The SMILES string of the molecule is COc1cc2c(cc1OC)N(CC(O)I)C(=Cc1cc[n+](-c3ccccc3)c3ccccc13)S2. The molecule has 1 atom stereocenters. The van der Waals surface area contributed by atoms with Gasteiger partial charge in [-0.1, -0.05) is 42.1 Å². The van der Waals surface area contributed by atoms with Gasteiger partial charge in [-0.2, -0.15) is 4.57 Å². The normalized spacial score (nSPS) is 14.9. The molecule has 172 valence electrons. The summed E-state index contributed by atoms with van der Waals surface area (Å²) in [7, 11) is 3.28. The average Bonchev–Trinajstić information content (AvgIpc) is 3.18. The smallest absolute Gasteiger partial charge is 0.219 e. The number of alkyl halides is 1. The van der Waals surface area contributed by atoms with Gasteiger partial charge in [-0.25, -0.2) is 0 Å². The van der Waals surface area contributed by atoms with E-state index in [1.165, 1.54) is 0 Å². The maximum absolute atomic E-state index is 10.2. The maximum atomic E-state index is 10.2. The molecule has 7 heteroatoms. The van der Waals surface area contributed by atoms with Crippen LogP contribution in [0, 0.1) is 0 Å². The summed E-state index contributed by atoms with van der Waals surface area (Å²) in [5.74, 6) is 1.36. The number of rotatable bonds is 6. The van der Waals surface area contributed by atoms with E-state index in [9.17, 15) is 5.11 Å². The minimum Gasteiger partial charge on any atom is -0.493 e. The van der Waals surface area contributed by atoms with Crippen LogP contribution in [0.3, 0.4) is 0 Å². The first kappa shape index (κ1) is 23.0. The Hall–Kier alpha value is -2.75. The average molecular weight is 583 g/mol. The monoisotopic (exact) mass is 583 g/mol. The molecule has 1 aliphatic rings. The van der Waals surface area contributed by atoms with Crippen molar-refractivity contribution >= 4 is 57.0 Å². The van der Waals surface area contributed by atoms with Crippen LogP contribution in [-0.2, 0) is 0 Å². The standard InChI is InChI=1S/C27H24IN2O3S/c1-32-23-15-22-25(16-24(23)33-2)34-27(30(22)17-26(28)31)14-18-12-13-29(19-8-4-3-5-9-19)21-11-7-6-10-20(18)21/h3-16,26,31H,17H2,1-2H3/q+1. The van der Waals surface area contributed by atoms with Gasteiger partial charge in [-0.05, 0) is 40.3 Å². The third-order valence-electron chi connectivity index (χ3n) is 5.76. The molecule has 1 N–H and O–H groups in total. The Morgan fingerprint density at radius 1 is 1.00 bits per heavy atom. The predicted molar refractivity (Wildman–Crippen MR) is 146 cm³/mol. The molecule has 3 aromatic carbocycles. The third kappa shape index (κ3) is 4.35. The number of pyridine rings is 1. The Bertz CT molecular complexity index is 1380. The van der Waals surface area contributed by atoms with Crippen molar-refractivity contribution in [1.29, 1.82) is 0 Å². The molecule has 0 fully saturated rings. The van der Waals surface area contributed by atoms with Crippen molar-refractivity contribution in [2.75, 3.05) is 25.7 Å². The van der Waals surface area contributed by atoms with Crippen molar-refractivity contribution in [3.63, 3.8) is 0 Å². The summed E-state index contributed by atoms with van der Waals surface area (Å²) in [5.41, 5.74) is 4.37. The molecular formula is C27H24IN2O3S+. The summed E-state index contributed by atoms with van der Waals surface area (Å²) in [6.07, 6.45) is 4.31. The van der Waals surface area contributed by atoms with Gasteiger partial charge in [0.05, 0.1) is 36.9 Å². The lowest BCUT2D eigenvalue weighted by molar-refractivity contribution is -0.567. The number of nitrogens with zero attached hydrogens (tertiary/aromatic N) is 2. The molecule has 0 spiro atoms. The number of aliphatic hydroxyl groups is 1. The van der Waals surface area contributed by atoms with E-state index >= 15 is 0 Å². The van der Waals surface area contributed by atoms with Crippen LogP contribution in [-0.4, -0.2) is 30.0 Å². The number of thioether (sulfide) groups is 1. The summed E-state index contributed by atoms with van der Waals surface area (Å²) in [4.78, 5) is 3.21. The molecule has 1 aliphatic heterocycles. The Morgan fingerprint density at radius 3 is 2.44 bits per heavy atom. The van der Waals surface area contributed by atoms with Crippen LogP contribution in [0.25, 0.3) is 22.7 Å². The van der Waals surface area contributed by atoms with E-state index in [1.54, 1.807) is 26.0 Å². The van der Waals surface area contributed by atoms with Crippen LogP contribution in [0.15, 0.2) is 88.9 Å². The fourth-order valence-corrected chi connectivity index (χ4v) is 5.73. The second-order valence-electron chi connectivity index (χ2n) is 7.80. The Kier molecular flexibility index (Phi) is 6.67. The molecule has 4 aromatic rings. The topological polar surface area (TPSA) is 45.8 Å². The van der Waals surface area contributed by atoms with Crippen LogP contribution in [0.5, 0.6) is 11.5 Å². The van der Waals surface area contributed by atoms with Crippen LogP contribution in [0.2, 0.25) is 0 Å². The number of hydrogen-bond acceptors (Lipinski definition) is 5. The van der Waals surface area contributed by atoms with Gasteiger partial charge in [-0.15, -0.1) is 0 Å². The largest absolute Gasteiger partial charge is 0.493 e. The zero-order chi connectivity index (χ0) is 23.7. The molecule has 0 radical (unpaired) electrons. The Labute approximate surface area is 216 Å². The van der Waals surface area contributed by atoms with E-state index in [1.807, 2.05) is 40.8 Å². The highest BCUT2D eigenvalue weighted by atomic mass is 127. The van der Waals surface area contributed by atoms with Gasteiger partial charge in [-0.3, -0.25) is 0 Å². The molecule has 1 aromatic heterocycles. The van der Waals surface area contributed by atoms with Crippen molar-refractivity contribution in [3.8, 4) is 17.2 Å². The molecular weight excluding hydrogens is 559 g/mol. The van der Waals surface area contributed by atoms with Crippen LogP contribution in [0.4, 0.5) is 5.69 Å². The second-order valence-corrected chi connectivity index (χ2v) is 10.3. The Balaban J connectivity index is 1.63. The number of aliphatic hydroxyl groups excluding tert-OH is 1. The van der Waals surface area contributed by atoms with Crippen molar-refractivity contribution in [2.24, 2.45) is 0 Å². The summed E-state index contributed by atoms with van der Waals surface area (Å²) in [6, 6.07) is 24.9. The molecule has 0 amide bonds. The lowest BCUT2D eigenvalue weighted by Gasteiger charge is -2.22. The highest BCUT2D eigenvalue weighted by molar-refractivity contribution is 14.1. The highest BCUT2D eigenvalue weighted by Crippen LogP contribution is 2.51. The summed E-state index contributed by atoms with van der Waals surface area (Å²) >= 11 is 3.72. The molecule has 0 saturated carbocycles. The van der Waals surface area contributed by atoms with E-state index in [-0.39, 0.29) is 0 Å². The number of ether oxygens (including phenoxy) is 2. The number of hydrogen-bond donors (Lipinski definition) is 1. The molecule has 2 heterocycles. The van der Waals surface area contributed by atoms with Crippen molar-refractivity contribution in [1.82, 2.24) is 0 Å². The summed E-state index contributed by atoms with van der Waals surface area (Å²) in [5, 5.41) is 12.4. The number of methoxy groups -OCH3 is 2. The van der Waals surface area contributed by atoms with Crippen LogP contribution in [0.1, 0.15) is 5.56 Å². The molecule has 0 bridgehead atoms. The molecule has 1 unspecified atom stereocenters. The number of fused-ring (bicyclic) bond motifs is 2. The van der Waals surface area contributed by atoms with E-state index < -0.39 is 4.11 Å². The number of aromatic nitrogens is 1. The molecule has 0 saturated heterocycles. The quantitative estimate of drug-likeness (QED) is 0.177. The van der Waals surface area contributed by atoms with E-state index in [0.717, 1.165) is 37.8 Å². The van der Waals surface area contributed by atoms with Crippen molar-refractivity contribution < 1.29 is 19.1 Å². The van der Waals surface area contributed by atoms with Gasteiger partial charge >= 0.3 is 0 Å². The fraction of sp³-hybridized carbons (Fsp3) is 0.148. The first-order valence-corrected chi connectivity index (χ1v) is 12.9. The minimum absolute atomic E-state index is 0.469. The molecule has 5 nitrogen and oxygen atoms in total. The zero-order valence-corrected chi connectivity index (χ0v) is 21.8. The van der Waals surface area contributed by atoms with E-state index in [4.69, 9.17) is 9.47 Å². The van der Waals surface area contributed by atoms with Gasteiger partial charge in [0.1, 0.15) is 4.11 Å². The second kappa shape index (κ2) is 9.85. The fourth-order valence-electron chi connectivity index (χ4n) is 4.20. The summed E-state index contributed by atoms with van der Waals surface area (Å²) in [6.45, 7) is 0.469. The van der Waals surface area contributed by atoms with Crippen molar-refractivity contribution in [3.05, 3.63) is 89.6 Å². The first-order valence-electron chi connectivity index (χ1n) is 10.8. The van der Waals surface area contributed by atoms with Gasteiger partial charge < -0.3 is 19.5 Å².